The number of hydrogen-bond donors (Lipinski definition) is 0. The van der Waals surface area contributed by atoms with Crippen LogP contribution >= 0.6 is 0 Å². The smallest absolute Gasteiger partial charge is 0.270 e. The molecule has 0 spiro atoms. The van der Waals surface area contributed by atoms with E-state index >= 15 is 0 Å². The summed E-state index contributed by atoms with van der Waals surface area (Å²) in [5.74, 6) is -0.316. The van der Waals surface area contributed by atoms with E-state index in [-0.39, 0.29) is 17.0 Å². The van der Waals surface area contributed by atoms with Gasteiger partial charge in [0.15, 0.2) is 5.78 Å². The summed E-state index contributed by atoms with van der Waals surface area (Å²) in [5, 5.41) is 10.6. The molecule has 0 fully saturated rings. The SMILES string of the molecule is C=C/C=C(\C=C)C(=O)c1cccc([N+](=O)[O-])c1.CC.CC.CF. The van der Waals surface area contributed by atoms with Gasteiger partial charge in [-0.05, 0) is 0 Å². The van der Waals surface area contributed by atoms with Crippen molar-refractivity contribution in [2.24, 2.45) is 0 Å². The lowest BCUT2D eigenvalue weighted by atomic mass is 10.0. The summed E-state index contributed by atoms with van der Waals surface area (Å²) in [6, 6.07) is 5.57. The number of carbonyl (C=O) groups is 1. The number of nitro groups is 1. The fourth-order valence-corrected chi connectivity index (χ4v) is 1.29. The third-order valence-corrected chi connectivity index (χ3v) is 2.10. The molecule has 0 atom stereocenters. The lowest BCUT2D eigenvalue weighted by Crippen LogP contribution is -2.02. The Kier molecular flexibility index (Phi) is 19.3. The van der Waals surface area contributed by atoms with Gasteiger partial charge in [0.2, 0.25) is 0 Å². The van der Waals surface area contributed by atoms with Crippen LogP contribution in [0.2, 0.25) is 0 Å². The molecule has 0 heterocycles. The number of non-ortho nitro benzene ring substituents is 1. The van der Waals surface area contributed by atoms with E-state index in [0.717, 1.165) is 0 Å². The molecule has 0 aliphatic heterocycles. The highest BCUT2D eigenvalue weighted by Gasteiger charge is 2.13. The predicted octanol–water partition coefficient (Wildman–Crippen LogP) is 5.71. The number of hydrogen-bond acceptors (Lipinski definition) is 3. The zero-order valence-electron chi connectivity index (χ0n) is 14.5. The molecule has 0 saturated heterocycles. The number of halogens is 1. The number of alkyl halides is 1. The molecule has 0 bridgehead atoms. The summed E-state index contributed by atoms with van der Waals surface area (Å²) >= 11 is 0. The normalized spacial score (nSPS) is 8.70. The van der Waals surface area contributed by atoms with Crippen molar-refractivity contribution in [3.8, 4) is 0 Å². The first kappa shape index (κ1) is 25.4. The van der Waals surface area contributed by atoms with Crippen molar-refractivity contribution in [2.45, 2.75) is 27.7 Å². The van der Waals surface area contributed by atoms with Gasteiger partial charge in [-0.3, -0.25) is 19.3 Å². The summed E-state index contributed by atoms with van der Waals surface area (Å²) in [6.07, 6.45) is 4.36. The molecule has 0 unspecified atom stereocenters. The van der Waals surface area contributed by atoms with Crippen LogP contribution in [0.25, 0.3) is 0 Å². The number of allylic oxidation sites excluding steroid dienone is 4. The lowest BCUT2D eigenvalue weighted by molar-refractivity contribution is -0.384. The monoisotopic (exact) mass is 323 g/mol. The third kappa shape index (κ3) is 9.90. The molecule has 1 rings (SSSR count). The van der Waals surface area contributed by atoms with Crippen LogP contribution in [-0.2, 0) is 0 Å². The first-order chi connectivity index (χ1) is 11.1. The average molecular weight is 323 g/mol. The Morgan fingerprint density at radius 3 is 2.09 bits per heavy atom. The van der Waals surface area contributed by atoms with Gasteiger partial charge in [-0.25, -0.2) is 0 Å². The molecule has 0 aromatic heterocycles. The van der Waals surface area contributed by atoms with E-state index in [4.69, 9.17) is 0 Å². The molecule has 23 heavy (non-hydrogen) atoms. The van der Waals surface area contributed by atoms with Gasteiger partial charge < -0.3 is 0 Å². The molecule has 5 heteroatoms. The molecule has 128 valence electrons. The van der Waals surface area contributed by atoms with E-state index in [1.165, 1.54) is 42.5 Å². The summed E-state index contributed by atoms with van der Waals surface area (Å²) < 4.78 is 9.50. The van der Waals surface area contributed by atoms with Crippen LogP contribution in [0.3, 0.4) is 0 Å². The minimum Gasteiger partial charge on any atom is -0.289 e. The van der Waals surface area contributed by atoms with Gasteiger partial charge in [-0.1, -0.05) is 71.2 Å². The van der Waals surface area contributed by atoms with Crippen molar-refractivity contribution in [1.82, 2.24) is 0 Å². The number of carbonyl (C=O) groups excluding carboxylic acids is 1. The summed E-state index contributed by atoms with van der Waals surface area (Å²) in [4.78, 5) is 22.0. The lowest BCUT2D eigenvalue weighted by Gasteiger charge is -2.00. The number of rotatable bonds is 5. The topological polar surface area (TPSA) is 60.2 Å². The van der Waals surface area contributed by atoms with Gasteiger partial charge in [0.05, 0.1) is 12.1 Å². The quantitative estimate of drug-likeness (QED) is 0.229. The molecule has 1 aromatic carbocycles. The Hall–Kier alpha value is -2.56. The van der Waals surface area contributed by atoms with Crippen LogP contribution in [0.15, 0.2) is 61.2 Å². The van der Waals surface area contributed by atoms with Gasteiger partial charge in [0.25, 0.3) is 5.69 Å². The van der Waals surface area contributed by atoms with Crippen LogP contribution in [0.5, 0.6) is 0 Å². The molecule has 0 saturated carbocycles. The van der Waals surface area contributed by atoms with Crippen LogP contribution in [0.1, 0.15) is 38.1 Å². The minimum absolute atomic E-state index is 0.113. The van der Waals surface area contributed by atoms with E-state index in [1.807, 2.05) is 27.7 Å². The maximum atomic E-state index is 11.9. The molecule has 0 amide bonds. The third-order valence-electron chi connectivity index (χ3n) is 2.10. The van der Waals surface area contributed by atoms with Gasteiger partial charge in [-0.2, -0.15) is 0 Å². The fraction of sp³-hybridized carbons (Fsp3) is 0.278. The first-order valence-corrected chi connectivity index (χ1v) is 7.22. The second-order valence-corrected chi connectivity index (χ2v) is 3.20. The van der Waals surface area contributed by atoms with E-state index in [0.29, 0.717) is 12.8 Å². The Labute approximate surface area is 138 Å². The van der Waals surface area contributed by atoms with Crippen molar-refractivity contribution in [3.05, 3.63) is 76.9 Å². The number of nitro benzene ring substituents is 1. The summed E-state index contributed by atoms with van der Waals surface area (Å²) in [5.41, 5.74) is 0.491. The maximum Gasteiger partial charge on any atom is 0.270 e. The van der Waals surface area contributed by atoms with E-state index in [2.05, 4.69) is 13.2 Å². The van der Waals surface area contributed by atoms with Crippen LogP contribution < -0.4 is 0 Å². The van der Waals surface area contributed by atoms with E-state index in [9.17, 15) is 19.3 Å². The van der Waals surface area contributed by atoms with Crippen molar-refractivity contribution in [2.75, 3.05) is 7.18 Å². The zero-order chi connectivity index (χ0) is 18.8. The predicted molar refractivity (Wildman–Crippen MR) is 95.6 cm³/mol. The molecule has 0 aliphatic carbocycles. The maximum absolute atomic E-state index is 11.9. The van der Waals surface area contributed by atoms with E-state index in [1.54, 1.807) is 0 Å². The number of ketones is 1. The fourth-order valence-electron chi connectivity index (χ4n) is 1.29. The average Bonchev–Trinajstić information content (AvgIpc) is 2.64. The van der Waals surface area contributed by atoms with Gasteiger partial charge in [0.1, 0.15) is 0 Å². The van der Waals surface area contributed by atoms with Gasteiger partial charge >= 0.3 is 0 Å². The molecular formula is C18H26FNO3. The Morgan fingerprint density at radius 1 is 1.17 bits per heavy atom. The van der Waals surface area contributed by atoms with Gasteiger partial charge in [-0.15, -0.1) is 0 Å². The van der Waals surface area contributed by atoms with Crippen molar-refractivity contribution >= 4 is 11.5 Å². The highest BCUT2D eigenvalue weighted by Crippen LogP contribution is 2.16. The van der Waals surface area contributed by atoms with Crippen molar-refractivity contribution in [1.29, 1.82) is 0 Å². The van der Waals surface area contributed by atoms with Crippen LogP contribution in [-0.4, -0.2) is 17.9 Å². The molecule has 0 N–H and O–H groups in total. The second-order valence-electron chi connectivity index (χ2n) is 3.20. The second kappa shape index (κ2) is 17.5. The zero-order valence-corrected chi connectivity index (χ0v) is 14.5. The molecule has 0 radical (unpaired) electrons. The van der Waals surface area contributed by atoms with E-state index < -0.39 is 4.92 Å². The molecule has 4 nitrogen and oxygen atoms in total. The van der Waals surface area contributed by atoms with Crippen LogP contribution in [0, 0.1) is 10.1 Å². The summed E-state index contributed by atoms with van der Waals surface area (Å²) in [7, 11) is 0.500. The number of Topliss-reactive ketones (excluding diaryl/α,β-unsaturated/α-hetero) is 1. The first-order valence-electron chi connectivity index (χ1n) is 7.22. The molecular weight excluding hydrogens is 297 g/mol. The standard InChI is InChI=1S/C13H11NO3.2C2H6.CH3F/c1-3-6-10(4-2)13(15)11-7-5-8-12(9-11)14(16)17;3*1-2/h3-9H,1-2H2;2*1-2H3;1H3/b10-6+;;;. The van der Waals surface area contributed by atoms with Crippen molar-refractivity contribution < 1.29 is 14.1 Å². The highest BCUT2D eigenvalue weighted by molar-refractivity contribution is 6.10. The highest BCUT2D eigenvalue weighted by atomic mass is 19.1. The number of nitrogens with zero attached hydrogens (tertiary/aromatic N) is 1. The largest absolute Gasteiger partial charge is 0.289 e. The van der Waals surface area contributed by atoms with Crippen molar-refractivity contribution in [3.63, 3.8) is 0 Å². The van der Waals surface area contributed by atoms with Gasteiger partial charge in [0, 0.05) is 23.3 Å². The Bertz CT molecular complexity index is 523. The summed E-state index contributed by atoms with van der Waals surface area (Å²) in [6.45, 7) is 15.0. The number of benzene rings is 1. The molecule has 1 aromatic rings. The molecule has 0 aliphatic rings. The Balaban J connectivity index is -0.000000595. The van der Waals surface area contributed by atoms with Crippen LogP contribution in [0.4, 0.5) is 10.1 Å². The Morgan fingerprint density at radius 2 is 1.70 bits per heavy atom. The minimum atomic E-state index is -0.540.